The molecule has 5 rings (SSSR count). The van der Waals surface area contributed by atoms with Crippen LogP contribution in [0.1, 0.15) is 36.6 Å². The van der Waals surface area contributed by atoms with E-state index >= 15 is 0 Å². The van der Waals surface area contributed by atoms with Gasteiger partial charge in [-0.2, -0.15) is 0 Å². The van der Waals surface area contributed by atoms with Crippen LogP contribution in [-0.4, -0.2) is 40.0 Å². The highest BCUT2D eigenvalue weighted by molar-refractivity contribution is 6.51. The minimum absolute atomic E-state index is 0.0436. The van der Waals surface area contributed by atoms with E-state index in [0.29, 0.717) is 41.4 Å². The standard InChI is InChI=1S/C29H27N3O5/c1-4-36-19-12-13-20(23(16-19)37-5-2)26(33)24-25(18-9-7-6-8-10-18)32(28(35)27(24)34)29-30-21-14-11-17(3)15-22(21)31-29/h6-16,25,33H,4-5H2,1-3H3,(H,30,31)/b26-24+. The van der Waals surface area contributed by atoms with Crippen LogP contribution in [0.4, 0.5) is 5.95 Å². The van der Waals surface area contributed by atoms with E-state index in [1.807, 2.05) is 69.3 Å². The zero-order valence-corrected chi connectivity index (χ0v) is 20.8. The van der Waals surface area contributed by atoms with Crippen molar-refractivity contribution < 1.29 is 24.2 Å². The molecule has 0 aliphatic carbocycles. The van der Waals surface area contributed by atoms with Crippen LogP contribution in [0.15, 0.2) is 72.3 Å². The number of amides is 1. The number of ether oxygens (including phenoxy) is 2. The molecule has 0 radical (unpaired) electrons. The van der Waals surface area contributed by atoms with Gasteiger partial charge in [-0.3, -0.25) is 14.5 Å². The van der Waals surface area contributed by atoms with Crippen molar-refractivity contribution in [1.29, 1.82) is 0 Å². The molecule has 1 fully saturated rings. The molecule has 3 aromatic carbocycles. The minimum atomic E-state index is -0.899. The molecule has 4 aromatic rings. The number of aliphatic hydroxyl groups is 1. The van der Waals surface area contributed by atoms with Crippen LogP contribution in [0, 0.1) is 6.92 Å². The van der Waals surface area contributed by atoms with E-state index in [1.54, 1.807) is 18.2 Å². The summed E-state index contributed by atoms with van der Waals surface area (Å²) in [5.74, 6) is -0.766. The first-order valence-corrected chi connectivity index (χ1v) is 12.1. The van der Waals surface area contributed by atoms with Crippen molar-refractivity contribution in [3.8, 4) is 11.5 Å². The highest BCUT2D eigenvalue weighted by Gasteiger charge is 2.48. The molecule has 0 spiro atoms. The Morgan fingerprint density at radius 1 is 1.00 bits per heavy atom. The number of fused-ring (bicyclic) bond motifs is 1. The lowest BCUT2D eigenvalue weighted by Gasteiger charge is -2.23. The molecule has 1 atom stereocenters. The summed E-state index contributed by atoms with van der Waals surface area (Å²) in [5.41, 5.74) is 3.35. The second-order valence-electron chi connectivity index (χ2n) is 8.68. The normalized spacial score (nSPS) is 16.9. The lowest BCUT2D eigenvalue weighted by atomic mass is 9.95. The number of ketones is 1. The molecule has 1 aromatic heterocycles. The zero-order valence-electron chi connectivity index (χ0n) is 20.8. The van der Waals surface area contributed by atoms with Gasteiger partial charge in [0.05, 0.1) is 41.4 Å². The average molecular weight is 498 g/mol. The summed E-state index contributed by atoms with van der Waals surface area (Å²) >= 11 is 0. The number of aromatic nitrogens is 2. The van der Waals surface area contributed by atoms with Gasteiger partial charge in [-0.15, -0.1) is 0 Å². The highest BCUT2D eigenvalue weighted by Crippen LogP contribution is 2.43. The largest absolute Gasteiger partial charge is 0.507 e. The fraction of sp³-hybridized carbons (Fsp3) is 0.207. The third-order valence-electron chi connectivity index (χ3n) is 6.23. The number of aromatic amines is 1. The van der Waals surface area contributed by atoms with Crippen molar-refractivity contribution in [2.45, 2.75) is 26.8 Å². The van der Waals surface area contributed by atoms with Gasteiger partial charge in [-0.1, -0.05) is 36.4 Å². The van der Waals surface area contributed by atoms with E-state index in [9.17, 15) is 14.7 Å². The first-order valence-electron chi connectivity index (χ1n) is 12.1. The van der Waals surface area contributed by atoms with Gasteiger partial charge in [0.25, 0.3) is 5.78 Å². The number of H-pyrrole nitrogens is 1. The number of aryl methyl sites for hydroxylation is 1. The predicted octanol–water partition coefficient (Wildman–Crippen LogP) is 5.30. The van der Waals surface area contributed by atoms with Crippen molar-refractivity contribution in [2.24, 2.45) is 0 Å². The van der Waals surface area contributed by atoms with Crippen LogP contribution >= 0.6 is 0 Å². The Bertz CT molecular complexity index is 1520. The SMILES string of the molecule is CCOc1ccc(/C(O)=C2\C(=O)C(=O)N(c3nc4ccc(C)cc4[nH]3)C2c2ccccc2)c(OCC)c1. The Morgan fingerprint density at radius 3 is 2.49 bits per heavy atom. The Kier molecular flexibility index (Phi) is 6.40. The number of aliphatic hydroxyl groups excluding tert-OH is 1. The molecule has 188 valence electrons. The molecule has 8 heteroatoms. The van der Waals surface area contributed by atoms with E-state index in [0.717, 1.165) is 11.1 Å². The van der Waals surface area contributed by atoms with Gasteiger partial charge >= 0.3 is 5.91 Å². The number of Topliss-reactive ketones (excluding diaryl/α,β-unsaturated/α-hetero) is 1. The molecule has 2 N–H and O–H groups in total. The fourth-order valence-electron chi connectivity index (χ4n) is 4.60. The average Bonchev–Trinajstić information content (AvgIpc) is 3.42. The van der Waals surface area contributed by atoms with Crippen molar-refractivity contribution in [3.63, 3.8) is 0 Å². The fourth-order valence-corrected chi connectivity index (χ4v) is 4.60. The van der Waals surface area contributed by atoms with Gasteiger partial charge < -0.3 is 19.6 Å². The van der Waals surface area contributed by atoms with Crippen LogP contribution < -0.4 is 14.4 Å². The number of imidazole rings is 1. The number of hydrogen-bond acceptors (Lipinski definition) is 6. The third-order valence-corrected chi connectivity index (χ3v) is 6.23. The number of nitrogens with zero attached hydrogens (tertiary/aromatic N) is 2. The van der Waals surface area contributed by atoms with Gasteiger partial charge in [-0.05, 0) is 56.2 Å². The van der Waals surface area contributed by atoms with Gasteiger partial charge in [0.15, 0.2) is 0 Å². The van der Waals surface area contributed by atoms with Crippen LogP contribution in [0.25, 0.3) is 16.8 Å². The van der Waals surface area contributed by atoms with Crippen LogP contribution in [0.3, 0.4) is 0 Å². The molecule has 0 bridgehead atoms. The second kappa shape index (κ2) is 9.81. The van der Waals surface area contributed by atoms with Gasteiger partial charge in [0.1, 0.15) is 17.3 Å². The topological polar surface area (TPSA) is 105 Å². The second-order valence-corrected chi connectivity index (χ2v) is 8.68. The molecule has 1 saturated heterocycles. The predicted molar refractivity (Wildman–Crippen MR) is 141 cm³/mol. The summed E-state index contributed by atoms with van der Waals surface area (Å²) in [6.45, 7) is 6.46. The van der Waals surface area contributed by atoms with Crippen LogP contribution in [0.2, 0.25) is 0 Å². The molecule has 37 heavy (non-hydrogen) atoms. The monoisotopic (exact) mass is 497 g/mol. The first-order chi connectivity index (χ1) is 17.9. The summed E-state index contributed by atoms with van der Waals surface area (Å²) in [6, 6.07) is 18.9. The third kappa shape index (κ3) is 4.31. The maximum absolute atomic E-state index is 13.5. The number of rotatable bonds is 7. The zero-order chi connectivity index (χ0) is 26.1. The quantitative estimate of drug-likeness (QED) is 0.204. The molecule has 2 heterocycles. The van der Waals surface area contributed by atoms with Crippen molar-refractivity contribution in [1.82, 2.24) is 9.97 Å². The smallest absolute Gasteiger partial charge is 0.302 e. The first kappa shape index (κ1) is 24.1. The summed E-state index contributed by atoms with van der Waals surface area (Å²) in [7, 11) is 0. The molecule has 1 aliphatic rings. The Balaban J connectivity index is 1.71. The summed E-state index contributed by atoms with van der Waals surface area (Å²) in [6.07, 6.45) is 0. The van der Waals surface area contributed by atoms with E-state index in [1.165, 1.54) is 4.90 Å². The van der Waals surface area contributed by atoms with E-state index < -0.39 is 17.7 Å². The van der Waals surface area contributed by atoms with Gasteiger partial charge in [-0.25, -0.2) is 4.98 Å². The number of hydrogen-bond donors (Lipinski definition) is 2. The Hall–Kier alpha value is -4.59. The van der Waals surface area contributed by atoms with Gasteiger partial charge in [0, 0.05) is 6.07 Å². The number of carbonyl (C=O) groups is 2. The number of anilines is 1. The lowest BCUT2D eigenvalue weighted by Crippen LogP contribution is -2.30. The summed E-state index contributed by atoms with van der Waals surface area (Å²) in [4.78, 5) is 36.0. The molecular weight excluding hydrogens is 470 g/mol. The van der Waals surface area contributed by atoms with E-state index in [2.05, 4.69) is 9.97 Å². The van der Waals surface area contributed by atoms with Crippen molar-refractivity contribution in [2.75, 3.05) is 18.1 Å². The molecule has 8 nitrogen and oxygen atoms in total. The molecule has 1 amide bonds. The van der Waals surface area contributed by atoms with Crippen molar-refractivity contribution in [3.05, 3.63) is 89.0 Å². The van der Waals surface area contributed by atoms with Crippen molar-refractivity contribution >= 4 is 34.4 Å². The Labute approximate surface area is 214 Å². The molecule has 1 aliphatic heterocycles. The number of nitrogens with one attached hydrogen (secondary N) is 1. The number of benzene rings is 3. The summed E-state index contributed by atoms with van der Waals surface area (Å²) < 4.78 is 11.3. The van der Waals surface area contributed by atoms with Crippen LogP contribution in [0.5, 0.6) is 11.5 Å². The van der Waals surface area contributed by atoms with E-state index in [4.69, 9.17) is 9.47 Å². The molecule has 1 unspecified atom stereocenters. The maximum Gasteiger partial charge on any atom is 0.302 e. The van der Waals surface area contributed by atoms with Gasteiger partial charge in [0.2, 0.25) is 5.95 Å². The van der Waals surface area contributed by atoms with Crippen LogP contribution in [-0.2, 0) is 9.59 Å². The lowest BCUT2D eigenvalue weighted by molar-refractivity contribution is -0.132. The molecular formula is C29H27N3O5. The minimum Gasteiger partial charge on any atom is -0.507 e. The van der Waals surface area contributed by atoms with E-state index in [-0.39, 0.29) is 17.3 Å². The summed E-state index contributed by atoms with van der Waals surface area (Å²) in [5, 5.41) is 11.5. The number of carbonyl (C=O) groups excluding carboxylic acids is 2. The maximum atomic E-state index is 13.5. The highest BCUT2D eigenvalue weighted by atomic mass is 16.5. The molecule has 0 saturated carbocycles. The Morgan fingerprint density at radius 2 is 1.76 bits per heavy atom.